The number of rotatable bonds is 3. The van der Waals surface area contributed by atoms with Crippen LogP contribution in [-0.4, -0.2) is 27.1 Å². The Hall–Kier alpha value is -0.900. The SMILES string of the molecule is CSC1CCC(n2c(C)cc(C(=O)O)c2C)CC1. The van der Waals surface area contributed by atoms with Crippen LogP contribution in [0.2, 0.25) is 0 Å². The molecule has 0 radical (unpaired) electrons. The van der Waals surface area contributed by atoms with Crippen molar-refractivity contribution in [1.29, 1.82) is 0 Å². The topological polar surface area (TPSA) is 42.2 Å². The summed E-state index contributed by atoms with van der Waals surface area (Å²) < 4.78 is 2.24. The molecule has 0 saturated heterocycles. The normalized spacial score (nSPS) is 24.2. The van der Waals surface area contributed by atoms with E-state index in [2.05, 4.69) is 10.8 Å². The first kappa shape index (κ1) is 13.5. The van der Waals surface area contributed by atoms with Crippen molar-refractivity contribution in [1.82, 2.24) is 4.57 Å². The lowest BCUT2D eigenvalue weighted by Gasteiger charge is -2.30. The molecule has 1 fully saturated rings. The van der Waals surface area contributed by atoms with Crippen LogP contribution in [0.25, 0.3) is 0 Å². The molecule has 3 nitrogen and oxygen atoms in total. The number of hydrogen-bond donors (Lipinski definition) is 1. The average molecular weight is 267 g/mol. The molecule has 1 saturated carbocycles. The van der Waals surface area contributed by atoms with E-state index >= 15 is 0 Å². The van der Waals surface area contributed by atoms with Gasteiger partial charge in [0.2, 0.25) is 0 Å². The van der Waals surface area contributed by atoms with E-state index < -0.39 is 5.97 Å². The van der Waals surface area contributed by atoms with E-state index in [9.17, 15) is 4.79 Å². The number of carboxylic acid groups (broad SMARTS) is 1. The number of carbonyl (C=O) groups is 1. The minimum atomic E-state index is -0.813. The zero-order valence-corrected chi connectivity index (χ0v) is 12.1. The number of aromatic carboxylic acids is 1. The van der Waals surface area contributed by atoms with E-state index in [4.69, 9.17) is 5.11 Å². The van der Waals surface area contributed by atoms with Crippen LogP contribution >= 0.6 is 11.8 Å². The van der Waals surface area contributed by atoms with Gasteiger partial charge in [0.05, 0.1) is 5.56 Å². The standard InChI is InChI=1S/C14H21NO2S/c1-9-8-13(14(16)17)10(2)15(9)11-4-6-12(18-3)7-5-11/h8,11-12H,4-7H2,1-3H3,(H,16,17). The molecule has 4 heteroatoms. The lowest BCUT2D eigenvalue weighted by Crippen LogP contribution is -2.21. The molecule has 0 aliphatic heterocycles. The van der Waals surface area contributed by atoms with Crippen LogP contribution in [0.1, 0.15) is 53.5 Å². The third-order valence-electron chi connectivity index (χ3n) is 4.06. The van der Waals surface area contributed by atoms with Crippen LogP contribution in [0.5, 0.6) is 0 Å². The van der Waals surface area contributed by atoms with Gasteiger partial charge in [0.25, 0.3) is 0 Å². The largest absolute Gasteiger partial charge is 0.478 e. The van der Waals surface area contributed by atoms with Gasteiger partial charge < -0.3 is 9.67 Å². The molecule has 18 heavy (non-hydrogen) atoms. The van der Waals surface area contributed by atoms with E-state index in [1.165, 1.54) is 25.7 Å². The third-order valence-corrected chi connectivity index (χ3v) is 5.20. The highest BCUT2D eigenvalue weighted by Gasteiger charge is 2.25. The second kappa shape index (κ2) is 5.39. The third kappa shape index (κ3) is 2.44. The molecule has 1 aromatic heterocycles. The summed E-state index contributed by atoms with van der Waals surface area (Å²) >= 11 is 1.96. The number of aryl methyl sites for hydroxylation is 1. The first-order chi connectivity index (χ1) is 8.54. The van der Waals surface area contributed by atoms with Crippen molar-refractivity contribution in [2.75, 3.05) is 6.26 Å². The Morgan fingerprint density at radius 1 is 1.33 bits per heavy atom. The molecule has 2 rings (SSSR count). The monoisotopic (exact) mass is 267 g/mol. The van der Waals surface area contributed by atoms with Crippen molar-refractivity contribution in [3.8, 4) is 0 Å². The number of hydrogen-bond acceptors (Lipinski definition) is 2. The van der Waals surface area contributed by atoms with E-state index in [0.717, 1.165) is 16.6 Å². The Kier molecular flexibility index (Phi) is 4.05. The van der Waals surface area contributed by atoms with Crippen molar-refractivity contribution >= 4 is 17.7 Å². The Labute approximate surface area is 113 Å². The van der Waals surface area contributed by atoms with E-state index in [1.54, 1.807) is 6.07 Å². The first-order valence-corrected chi connectivity index (χ1v) is 7.78. The minimum absolute atomic E-state index is 0.458. The summed E-state index contributed by atoms with van der Waals surface area (Å²) in [5.41, 5.74) is 2.45. The van der Waals surface area contributed by atoms with Gasteiger partial charge in [-0.3, -0.25) is 0 Å². The summed E-state index contributed by atoms with van der Waals surface area (Å²) in [4.78, 5) is 11.2. The molecule has 0 aromatic carbocycles. The highest BCUT2D eigenvalue weighted by molar-refractivity contribution is 7.99. The lowest BCUT2D eigenvalue weighted by atomic mass is 9.94. The number of thioether (sulfide) groups is 1. The first-order valence-electron chi connectivity index (χ1n) is 6.49. The Morgan fingerprint density at radius 3 is 2.39 bits per heavy atom. The quantitative estimate of drug-likeness (QED) is 0.909. The second-order valence-corrected chi connectivity index (χ2v) is 6.26. The van der Waals surface area contributed by atoms with Gasteiger partial charge in [-0.15, -0.1) is 0 Å². The molecule has 0 atom stereocenters. The second-order valence-electron chi connectivity index (χ2n) is 5.13. The lowest BCUT2D eigenvalue weighted by molar-refractivity contribution is 0.0696. The van der Waals surface area contributed by atoms with Crippen LogP contribution in [0.4, 0.5) is 0 Å². The number of aromatic nitrogens is 1. The van der Waals surface area contributed by atoms with E-state index in [-0.39, 0.29) is 0 Å². The van der Waals surface area contributed by atoms with Crippen LogP contribution in [0, 0.1) is 13.8 Å². The molecular formula is C14H21NO2S. The van der Waals surface area contributed by atoms with Crippen molar-refractivity contribution in [2.45, 2.75) is 50.8 Å². The van der Waals surface area contributed by atoms with Crippen LogP contribution in [0.3, 0.4) is 0 Å². The van der Waals surface area contributed by atoms with Crippen molar-refractivity contribution < 1.29 is 9.90 Å². The fourth-order valence-electron chi connectivity index (χ4n) is 3.09. The Bertz CT molecular complexity index is 445. The van der Waals surface area contributed by atoms with Gasteiger partial charge in [-0.05, 0) is 51.9 Å². The highest BCUT2D eigenvalue weighted by Crippen LogP contribution is 2.36. The fraction of sp³-hybridized carbons (Fsp3) is 0.643. The molecule has 1 aliphatic carbocycles. The fourth-order valence-corrected chi connectivity index (χ4v) is 3.84. The van der Waals surface area contributed by atoms with Gasteiger partial charge in [0.15, 0.2) is 0 Å². The minimum Gasteiger partial charge on any atom is -0.478 e. The smallest absolute Gasteiger partial charge is 0.337 e. The molecule has 1 N–H and O–H groups in total. The maximum Gasteiger partial charge on any atom is 0.337 e. The Balaban J connectivity index is 2.22. The summed E-state index contributed by atoms with van der Waals surface area (Å²) in [6, 6.07) is 2.29. The van der Waals surface area contributed by atoms with Crippen molar-refractivity contribution in [3.63, 3.8) is 0 Å². The molecule has 0 amide bonds. The summed E-state index contributed by atoms with van der Waals surface area (Å²) in [6.45, 7) is 3.94. The van der Waals surface area contributed by atoms with Crippen LogP contribution in [0.15, 0.2) is 6.07 Å². The maximum absolute atomic E-state index is 11.2. The van der Waals surface area contributed by atoms with Crippen molar-refractivity contribution in [2.24, 2.45) is 0 Å². The molecular weight excluding hydrogens is 246 g/mol. The number of carboxylic acids is 1. The summed E-state index contributed by atoms with van der Waals surface area (Å²) in [7, 11) is 0. The maximum atomic E-state index is 11.2. The molecule has 0 unspecified atom stereocenters. The summed E-state index contributed by atoms with van der Waals surface area (Å²) in [6.07, 6.45) is 7.00. The zero-order chi connectivity index (χ0) is 13.3. The Morgan fingerprint density at radius 2 is 1.94 bits per heavy atom. The molecule has 0 bridgehead atoms. The van der Waals surface area contributed by atoms with E-state index in [0.29, 0.717) is 11.6 Å². The van der Waals surface area contributed by atoms with Crippen molar-refractivity contribution in [3.05, 3.63) is 23.0 Å². The molecule has 0 spiro atoms. The van der Waals surface area contributed by atoms with Gasteiger partial charge in [0.1, 0.15) is 0 Å². The number of nitrogens with zero attached hydrogens (tertiary/aromatic N) is 1. The molecule has 1 aliphatic rings. The van der Waals surface area contributed by atoms with Crippen LogP contribution in [-0.2, 0) is 0 Å². The highest BCUT2D eigenvalue weighted by atomic mass is 32.2. The average Bonchev–Trinajstić information content (AvgIpc) is 2.65. The van der Waals surface area contributed by atoms with Crippen LogP contribution < -0.4 is 0 Å². The molecule has 1 aromatic rings. The van der Waals surface area contributed by atoms with Gasteiger partial charge in [-0.1, -0.05) is 0 Å². The predicted octanol–water partition coefficient (Wildman–Crippen LogP) is 3.65. The summed E-state index contributed by atoms with van der Waals surface area (Å²) in [5.74, 6) is -0.813. The van der Waals surface area contributed by atoms with Gasteiger partial charge >= 0.3 is 5.97 Å². The van der Waals surface area contributed by atoms with Gasteiger partial charge in [-0.25, -0.2) is 4.79 Å². The molecule has 100 valence electrons. The molecule has 1 heterocycles. The predicted molar refractivity (Wildman–Crippen MR) is 75.7 cm³/mol. The van der Waals surface area contributed by atoms with Gasteiger partial charge in [-0.2, -0.15) is 11.8 Å². The zero-order valence-electron chi connectivity index (χ0n) is 11.3. The van der Waals surface area contributed by atoms with Gasteiger partial charge in [0, 0.05) is 22.7 Å². The van der Waals surface area contributed by atoms with E-state index in [1.807, 2.05) is 25.6 Å². The summed E-state index contributed by atoms with van der Waals surface area (Å²) in [5, 5.41) is 9.95.